The quantitative estimate of drug-likeness (QED) is 0.0287. The summed E-state index contributed by atoms with van der Waals surface area (Å²) in [5.74, 6) is -1.17. The van der Waals surface area contributed by atoms with Gasteiger partial charge in [-0.15, -0.1) is 5.10 Å². The van der Waals surface area contributed by atoms with E-state index in [0.29, 0.717) is 138 Å². The van der Waals surface area contributed by atoms with Crippen LogP contribution in [0.4, 0.5) is 5.69 Å². The summed E-state index contributed by atoms with van der Waals surface area (Å²) in [5.41, 5.74) is 4.99. The number of fused-ring (bicyclic) bond motifs is 5. The van der Waals surface area contributed by atoms with Gasteiger partial charge >= 0.3 is 0 Å². The van der Waals surface area contributed by atoms with Gasteiger partial charge in [0.2, 0.25) is 11.8 Å². The van der Waals surface area contributed by atoms with Gasteiger partial charge in [-0.05, 0) is 43.7 Å². The molecular formula is C70H114N6O23. The van der Waals surface area contributed by atoms with Crippen LogP contribution in [0, 0.1) is 0 Å². The van der Waals surface area contributed by atoms with Crippen molar-refractivity contribution >= 4 is 23.4 Å². The molecule has 3 amide bonds. The Morgan fingerprint density at radius 3 is 1.62 bits per heavy atom. The number of hydrogen-bond donors (Lipinski definition) is 10. The van der Waals surface area contributed by atoms with Crippen LogP contribution in [0.25, 0.3) is 22.5 Å². The number of aromatic nitrogens is 3. The Morgan fingerprint density at radius 2 is 1.07 bits per heavy atom. The molecule has 562 valence electrons. The first-order valence-electron chi connectivity index (χ1n) is 35.4. The number of para-hydroxylation sites is 1. The molecule has 9 atom stereocenters. The van der Waals surface area contributed by atoms with E-state index in [0.717, 1.165) is 53.8 Å². The molecule has 99 heavy (non-hydrogen) atoms. The maximum Gasteiger partial charge on any atom is 0.251 e. The van der Waals surface area contributed by atoms with Gasteiger partial charge in [-0.1, -0.05) is 118 Å². The van der Waals surface area contributed by atoms with Crippen molar-refractivity contribution in [2.24, 2.45) is 0 Å². The van der Waals surface area contributed by atoms with Crippen LogP contribution in [0.1, 0.15) is 109 Å². The molecule has 2 aliphatic heterocycles. The summed E-state index contributed by atoms with van der Waals surface area (Å²) in [6, 6.07) is 15.8. The zero-order chi connectivity index (χ0) is 70.9. The van der Waals surface area contributed by atoms with E-state index in [-0.39, 0.29) is 51.1 Å². The molecular weight excluding hydrogens is 1290 g/mol. The average Bonchev–Trinajstić information content (AvgIpc) is 1.70. The van der Waals surface area contributed by atoms with Crippen LogP contribution in [-0.4, -0.2) is 287 Å². The summed E-state index contributed by atoms with van der Waals surface area (Å²) in [5, 5.41) is 94.8. The lowest BCUT2D eigenvalue weighted by Gasteiger charge is -2.42. The number of aliphatic hydroxyl groups excluding tert-OH is 8. The molecule has 0 bridgehead atoms. The standard InChI is InChI=1S/C70H114N6O23/c1-2-3-4-5-6-7-8-9-10-11-12-13-14-15-16-25-59(80)71-27-26-60(81)75-50-53-21-17-18-22-54(53)62-61(55-23-19-20-24-56(55)75)73-74-76(62)29-31-89-33-35-91-37-39-93-41-43-95-45-47-97-49-48-96-46-44-94-42-40-92-38-36-90-34-32-88-30-28-72-69(87)66(85)65(84)68(57(79)51-77)99-70-67(86)64(83)63(82)58(52-78)98-70/h9-10,17-24,57-58,63-68,70,77-79,82-86H,2-8,11-16,25-52H2,1H3,(H,71,80)(H,72,87)/t57-,58-,63+,64+,65-,66-,67-,68?,70+/m1/s1. The Labute approximate surface area is 582 Å². The molecule has 0 aliphatic carbocycles. The Balaban J connectivity index is 0.784. The molecule has 10 N–H and O–H groups in total. The van der Waals surface area contributed by atoms with Gasteiger partial charge in [-0.3, -0.25) is 14.4 Å². The zero-order valence-electron chi connectivity index (χ0n) is 58.0. The minimum absolute atomic E-state index is 0.0149. The maximum atomic E-state index is 14.0. The summed E-state index contributed by atoms with van der Waals surface area (Å²) in [6.45, 7) is 8.59. The van der Waals surface area contributed by atoms with Crippen molar-refractivity contribution in [3.63, 3.8) is 0 Å². The second-order valence-electron chi connectivity index (χ2n) is 24.0. The highest BCUT2D eigenvalue weighted by Crippen LogP contribution is 2.41. The van der Waals surface area contributed by atoms with Gasteiger partial charge in [0.25, 0.3) is 5.91 Å². The number of anilines is 1. The Hall–Kier alpha value is -5.07. The van der Waals surface area contributed by atoms with E-state index >= 15 is 0 Å². The fourth-order valence-electron chi connectivity index (χ4n) is 10.8. The van der Waals surface area contributed by atoms with Crippen LogP contribution in [0.5, 0.6) is 0 Å². The Kier molecular flexibility index (Phi) is 45.1. The maximum absolute atomic E-state index is 14.0. The first-order chi connectivity index (χ1) is 48.4. The fourth-order valence-corrected chi connectivity index (χ4v) is 10.8. The molecule has 1 fully saturated rings. The van der Waals surface area contributed by atoms with Crippen molar-refractivity contribution < 1.29 is 112 Å². The average molecular weight is 1410 g/mol. The smallest absolute Gasteiger partial charge is 0.251 e. The number of nitrogens with zero attached hydrogens (tertiary/aromatic N) is 4. The number of nitrogens with one attached hydrogen (secondary N) is 2. The molecule has 0 spiro atoms. The number of ether oxygens (including phenoxy) is 12. The van der Waals surface area contributed by atoms with Crippen molar-refractivity contribution in [2.75, 3.05) is 163 Å². The molecule has 29 heteroatoms. The molecule has 5 rings (SSSR count). The van der Waals surface area contributed by atoms with Crippen LogP contribution in [0.2, 0.25) is 0 Å². The second kappa shape index (κ2) is 52.8. The summed E-state index contributed by atoms with van der Waals surface area (Å²) in [7, 11) is 0. The minimum Gasteiger partial charge on any atom is -0.394 e. The van der Waals surface area contributed by atoms with Gasteiger partial charge in [-0.25, -0.2) is 4.68 Å². The molecule has 3 heterocycles. The van der Waals surface area contributed by atoms with Crippen molar-refractivity contribution in [3.05, 3.63) is 66.2 Å². The van der Waals surface area contributed by atoms with Crippen LogP contribution < -0.4 is 15.5 Å². The molecule has 1 aromatic heterocycles. The highest BCUT2D eigenvalue weighted by atomic mass is 16.7. The van der Waals surface area contributed by atoms with Gasteiger partial charge in [0.15, 0.2) is 12.4 Å². The monoisotopic (exact) mass is 1410 g/mol. The van der Waals surface area contributed by atoms with Crippen LogP contribution in [0.15, 0.2) is 60.7 Å². The van der Waals surface area contributed by atoms with E-state index in [1.807, 2.05) is 53.2 Å². The number of carbonyl (C=O) groups excluding carboxylic acids is 3. The Morgan fingerprint density at radius 1 is 0.576 bits per heavy atom. The van der Waals surface area contributed by atoms with Crippen molar-refractivity contribution in [3.8, 4) is 22.5 Å². The van der Waals surface area contributed by atoms with E-state index in [4.69, 9.17) is 56.8 Å². The first-order valence-corrected chi connectivity index (χ1v) is 35.4. The van der Waals surface area contributed by atoms with E-state index < -0.39 is 74.2 Å². The highest BCUT2D eigenvalue weighted by Gasteiger charge is 2.47. The van der Waals surface area contributed by atoms with E-state index in [9.17, 15) is 55.2 Å². The number of aliphatic hydroxyl groups is 8. The number of hydrogen-bond acceptors (Lipinski definition) is 25. The van der Waals surface area contributed by atoms with Crippen molar-refractivity contribution in [1.82, 2.24) is 25.6 Å². The molecule has 2 aromatic carbocycles. The van der Waals surface area contributed by atoms with Crippen molar-refractivity contribution in [1.29, 1.82) is 0 Å². The Bertz CT molecular complexity index is 2630. The van der Waals surface area contributed by atoms with E-state index in [1.54, 1.807) is 4.90 Å². The molecule has 0 saturated carbocycles. The highest BCUT2D eigenvalue weighted by molar-refractivity contribution is 6.00. The number of unbranched alkanes of at least 4 members (excludes halogenated alkanes) is 11. The molecule has 29 nitrogen and oxygen atoms in total. The van der Waals surface area contributed by atoms with Gasteiger partial charge in [-0.2, -0.15) is 0 Å². The van der Waals surface area contributed by atoms with Crippen molar-refractivity contribution in [2.45, 2.75) is 171 Å². The fraction of sp³-hybridized carbons (Fsp3) is 0.729. The van der Waals surface area contributed by atoms with Crippen LogP contribution >= 0.6 is 0 Å². The van der Waals surface area contributed by atoms with E-state index in [2.05, 4.69) is 40.0 Å². The summed E-state index contributed by atoms with van der Waals surface area (Å²) in [6.07, 6.45) is 4.22. The minimum atomic E-state index is -2.18. The summed E-state index contributed by atoms with van der Waals surface area (Å²) in [4.78, 5) is 41.1. The number of benzene rings is 2. The third-order valence-corrected chi connectivity index (χ3v) is 16.4. The second-order valence-corrected chi connectivity index (χ2v) is 24.0. The topological polar surface area (TPSA) is 382 Å². The number of rotatable bonds is 59. The third kappa shape index (κ3) is 32.9. The van der Waals surface area contributed by atoms with Gasteiger partial charge in [0, 0.05) is 37.1 Å². The zero-order valence-corrected chi connectivity index (χ0v) is 58.0. The third-order valence-electron chi connectivity index (χ3n) is 16.4. The van der Waals surface area contributed by atoms with Crippen LogP contribution in [0.3, 0.4) is 0 Å². The number of amides is 3. The first kappa shape index (κ1) is 84.6. The molecule has 0 radical (unpaired) electrons. The molecule has 3 aromatic rings. The summed E-state index contributed by atoms with van der Waals surface area (Å²) >= 11 is 0. The van der Waals surface area contributed by atoms with Crippen LogP contribution in [-0.2, 0) is 84.3 Å². The van der Waals surface area contributed by atoms with Gasteiger partial charge < -0.3 is 113 Å². The normalized spacial score (nSPS) is 18.1. The predicted molar refractivity (Wildman–Crippen MR) is 364 cm³/mol. The SMILES string of the molecule is CCCCCCCCC=CCCCCCCCC(=O)NCCC(=O)N1Cc2ccccc2-c2c(nnn2CCOCCOCCOCCOCCOCCOCCOCCOCCOCCOCCNC(=O)[C@H](O)[C@@H](O)C(O[C@@H]2O[C@H](CO)[C@H](O)[C@H](O)[C@H]2O)[C@H](O)CO)-c2ccccc21. The molecule has 1 unspecified atom stereocenters. The van der Waals surface area contributed by atoms with Gasteiger partial charge in [0.1, 0.15) is 48.4 Å². The molecule has 1 saturated heterocycles. The molecule has 2 aliphatic rings. The van der Waals surface area contributed by atoms with E-state index in [1.165, 1.54) is 57.8 Å². The lowest BCUT2D eigenvalue weighted by Crippen LogP contribution is -2.62. The van der Waals surface area contributed by atoms with Gasteiger partial charge in [0.05, 0.1) is 170 Å². The largest absolute Gasteiger partial charge is 0.394 e. The summed E-state index contributed by atoms with van der Waals surface area (Å²) < 4.78 is 68.2. The number of allylic oxidation sites excluding steroid dienone is 2. The lowest BCUT2D eigenvalue weighted by molar-refractivity contribution is -0.326. The lowest BCUT2D eigenvalue weighted by atomic mass is 9.95. The number of carbonyl (C=O) groups is 3. The predicted octanol–water partition coefficient (Wildman–Crippen LogP) is 2.54.